The van der Waals surface area contributed by atoms with Crippen LogP contribution in [0.5, 0.6) is 5.75 Å². The highest BCUT2D eigenvalue weighted by Gasteiger charge is 2.21. The molecular formula is C22H21NO2. The van der Waals surface area contributed by atoms with Crippen LogP contribution in [-0.4, -0.2) is 11.0 Å². The zero-order chi connectivity index (χ0) is 17.8. The Morgan fingerprint density at radius 3 is 2.36 bits per heavy atom. The van der Waals surface area contributed by atoms with E-state index in [4.69, 9.17) is 0 Å². The molecule has 0 aromatic heterocycles. The number of carbonyl (C=O) groups is 1. The standard InChI is InChI=1S/C22H21NO2/c1-15(14-17-8-4-3-5-9-17)22(23-16(2)24)21-19-11-7-6-10-18(19)12-13-20(21)25/h3-14,22,25H,1-2H3,(H,23,24)/b15-14+. The summed E-state index contributed by atoms with van der Waals surface area (Å²) < 4.78 is 0. The van der Waals surface area contributed by atoms with E-state index in [-0.39, 0.29) is 11.7 Å². The lowest BCUT2D eigenvalue weighted by Crippen LogP contribution is -2.27. The van der Waals surface area contributed by atoms with Crippen LogP contribution in [0.15, 0.2) is 72.3 Å². The van der Waals surface area contributed by atoms with E-state index in [1.807, 2.05) is 73.7 Å². The van der Waals surface area contributed by atoms with Gasteiger partial charge in [0.1, 0.15) is 5.75 Å². The second kappa shape index (κ2) is 7.22. The number of fused-ring (bicyclic) bond motifs is 1. The minimum atomic E-state index is -0.399. The molecule has 3 aromatic rings. The number of phenols is 1. The normalized spacial score (nSPS) is 12.8. The Labute approximate surface area is 147 Å². The van der Waals surface area contributed by atoms with Crippen molar-refractivity contribution in [1.29, 1.82) is 0 Å². The van der Waals surface area contributed by atoms with Gasteiger partial charge in [-0.2, -0.15) is 0 Å². The van der Waals surface area contributed by atoms with Crippen LogP contribution in [0.25, 0.3) is 16.8 Å². The van der Waals surface area contributed by atoms with Gasteiger partial charge in [0.15, 0.2) is 0 Å². The molecule has 0 spiro atoms. The monoisotopic (exact) mass is 331 g/mol. The van der Waals surface area contributed by atoms with Crippen molar-refractivity contribution < 1.29 is 9.90 Å². The van der Waals surface area contributed by atoms with E-state index in [0.717, 1.165) is 27.5 Å². The largest absolute Gasteiger partial charge is 0.508 e. The molecule has 1 amide bonds. The van der Waals surface area contributed by atoms with Gasteiger partial charge in [0.05, 0.1) is 6.04 Å². The van der Waals surface area contributed by atoms with Gasteiger partial charge >= 0.3 is 0 Å². The molecule has 2 N–H and O–H groups in total. The second-order valence-corrected chi connectivity index (χ2v) is 6.15. The highest BCUT2D eigenvalue weighted by molar-refractivity contribution is 5.89. The van der Waals surface area contributed by atoms with Crippen molar-refractivity contribution in [2.75, 3.05) is 0 Å². The van der Waals surface area contributed by atoms with E-state index in [2.05, 4.69) is 5.32 Å². The minimum absolute atomic E-state index is 0.141. The average molecular weight is 331 g/mol. The van der Waals surface area contributed by atoms with Gasteiger partial charge in [0.2, 0.25) is 5.91 Å². The number of carbonyl (C=O) groups excluding carboxylic acids is 1. The van der Waals surface area contributed by atoms with Crippen molar-refractivity contribution in [2.24, 2.45) is 0 Å². The fourth-order valence-corrected chi connectivity index (χ4v) is 3.10. The molecule has 0 aliphatic carbocycles. The highest BCUT2D eigenvalue weighted by Crippen LogP contribution is 2.36. The molecule has 0 heterocycles. The molecule has 1 atom stereocenters. The molecule has 0 saturated heterocycles. The highest BCUT2D eigenvalue weighted by atomic mass is 16.3. The van der Waals surface area contributed by atoms with Gasteiger partial charge in [-0.15, -0.1) is 0 Å². The third-order valence-corrected chi connectivity index (χ3v) is 4.23. The van der Waals surface area contributed by atoms with Gasteiger partial charge in [-0.1, -0.05) is 66.7 Å². The van der Waals surface area contributed by atoms with Gasteiger partial charge < -0.3 is 10.4 Å². The van der Waals surface area contributed by atoms with Gasteiger partial charge in [-0.3, -0.25) is 4.79 Å². The van der Waals surface area contributed by atoms with Gasteiger partial charge in [0.25, 0.3) is 0 Å². The lowest BCUT2D eigenvalue weighted by molar-refractivity contribution is -0.119. The molecule has 0 bridgehead atoms. The first-order valence-electron chi connectivity index (χ1n) is 8.27. The number of hydrogen-bond acceptors (Lipinski definition) is 2. The first-order chi connectivity index (χ1) is 12.1. The Morgan fingerprint density at radius 2 is 1.64 bits per heavy atom. The SMILES string of the molecule is CC(=O)NC(/C(C)=C/c1ccccc1)c1c(O)ccc2ccccc12. The molecule has 3 nitrogen and oxygen atoms in total. The van der Waals surface area contributed by atoms with Crippen LogP contribution in [0.2, 0.25) is 0 Å². The Morgan fingerprint density at radius 1 is 0.960 bits per heavy atom. The zero-order valence-electron chi connectivity index (χ0n) is 14.4. The summed E-state index contributed by atoms with van der Waals surface area (Å²) in [6, 6.07) is 21.0. The number of aromatic hydroxyl groups is 1. The number of amides is 1. The summed E-state index contributed by atoms with van der Waals surface area (Å²) in [7, 11) is 0. The molecular weight excluding hydrogens is 310 g/mol. The first-order valence-corrected chi connectivity index (χ1v) is 8.27. The lowest BCUT2D eigenvalue weighted by Gasteiger charge is -2.22. The van der Waals surface area contributed by atoms with Crippen molar-refractivity contribution in [2.45, 2.75) is 19.9 Å². The van der Waals surface area contributed by atoms with Crippen LogP contribution in [0, 0.1) is 0 Å². The van der Waals surface area contributed by atoms with E-state index < -0.39 is 6.04 Å². The van der Waals surface area contributed by atoms with Crippen LogP contribution in [0.4, 0.5) is 0 Å². The molecule has 3 aromatic carbocycles. The summed E-state index contributed by atoms with van der Waals surface area (Å²) in [4.78, 5) is 11.8. The first kappa shape index (κ1) is 16.8. The molecule has 25 heavy (non-hydrogen) atoms. The smallest absolute Gasteiger partial charge is 0.217 e. The maximum Gasteiger partial charge on any atom is 0.217 e. The predicted octanol–water partition coefficient (Wildman–Crippen LogP) is 4.83. The van der Waals surface area contributed by atoms with E-state index in [1.165, 1.54) is 6.92 Å². The van der Waals surface area contributed by atoms with E-state index >= 15 is 0 Å². The molecule has 3 heteroatoms. The molecule has 0 saturated carbocycles. The van der Waals surface area contributed by atoms with Gasteiger partial charge in [0, 0.05) is 12.5 Å². The molecule has 3 rings (SSSR count). The zero-order valence-corrected chi connectivity index (χ0v) is 14.4. The van der Waals surface area contributed by atoms with Crippen molar-refractivity contribution in [3.63, 3.8) is 0 Å². The van der Waals surface area contributed by atoms with E-state index in [1.54, 1.807) is 6.07 Å². The number of rotatable bonds is 4. The van der Waals surface area contributed by atoms with Crippen molar-refractivity contribution in [3.05, 3.63) is 83.4 Å². The molecule has 0 radical (unpaired) electrons. The summed E-state index contributed by atoms with van der Waals surface area (Å²) in [5.74, 6) is 0.0383. The van der Waals surface area contributed by atoms with Crippen LogP contribution < -0.4 is 5.32 Å². The van der Waals surface area contributed by atoms with Crippen molar-refractivity contribution in [1.82, 2.24) is 5.32 Å². The summed E-state index contributed by atoms with van der Waals surface area (Å²) >= 11 is 0. The number of nitrogens with one attached hydrogen (secondary N) is 1. The quantitative estimate of drug-likeness (QED) is 0.719. The Hall–Kier alpha value is -3.07. The third-order valence-electron chi connectivity index (χ3n) is 4.23. The maximum absolute atomic E-state index is 11.8. The Balaban J connectivity index is 2.15. The van der Waals surface area contributed by atoms with Gasteiger partial charge in [-0.05, 0) is 34.9 Å². The Kier molecular flexibility index (Phi) is 4.85. The second-order valence-electron chi connectivity index (χ2n) is 6.15. The van der Waals surface area contributed by atoms with Crippen LogP contribution in [0.3, 0.4) is 0 Å². The van der Waals surface area contributed by atoms with Gasteiger partial charge in [-0.25, -0.2) is 0 Å². The van der Waals surface area contributed by atoms with Crippen molar-refractivity contribution >= 4 is 22.8 Å². The predicted molar refractivity (Wildman–Crippen MR) is 102 cm³/mol. The summed E-state index contributed by atoms with van der Waals surface area (Å²) in [6.45, 7) is 3.46. The minimum Gasteiger partial charge on any atom is -0.508 e. The Bertz CT molecular complexity index is 929. The molecule has 0 aliphatic rings. The van der Waals surface area contributed by atoms with Crippen LogP contribution >= 0.6 is 0 Å². The maximum atomic E-state index is 11.8. The summed E-state index contributed by atoms with van der Waals surface area (Å²) in [5.41, 5.74) is 2.72. The summed E-state index contributed by atoms with van der Waals surface area (Å²) in [5, 5.41) is 15.5. The molecule has 1 unspecified atom stereocenters. The molecule has 0 fully saturated rings. The number of benzene rings is 3. The third kappa shape index (κ3) is 3.72. The van der Waals surface area contributed by atoms with Crippen molar-refractivity contribution in [3.8, 4) is 5.75 Å². The molecule has 0 aliphatic heterocycles. The fraction of sp³-hybridized carbons (Fsp3) is 0.136. The fourth-order valence-electron chi connectivity index (χ4n) is 3.10. The van der Waals surface area contributed by atoms with Crippen LogP contribution in [0.1, 0.15) is 31.0 Å². The van der Waals surface area contributed by atoms with E-state index in [9.17, 15) is 9.90 Å². The topological polar surface area (TPSA) is 49.3 Å². The molecule has 126 valence electrons. The number of phenolic OH excluding ortho intramolecular Hbond substituents is 1. The van der Waals surface area contributed by atoms with Crippen LogP contribution in [-0.2, 0) is 4.79 Å². The summed E-state index contributed by atoms with van der Waals surface area (Å²) in [6.07, 6.45) is 2.03. The lowest BCUT2D eigenvalue weighted by atomic mass is 9.92. The average Bonchev–Trinajstić information content (AvgIpc) is 2.61. The van der Waals surface area contributed by atoms with E-state index in [0.29, 0.717) is 0 Å². The number of hydrogen-bond donors (Lipinski definition) is 2.